The Kier molecular flexibility index (Phi) is 7.20. The third kappa shape index (κ3) is 5.55. The molecule has 6 rings (SSSR count). The number of carbonyl (C=O) groups is 1. The van der Waals surface area contributed by atoms with E-state index in [0.717, 1.165) is 93.1 Å². The number of benzene rings is 1. The number of nitrogens with zero attached hydrogens (tertiary/aromatic N) is 6. The van der Waals surface area contributed by atoms with Crippen molar-refractivity contribution in [2.75, 3.05) is 53.0 Å². The smallest absolute Gasteiger partial charge is 0.241 e. The minimum Gasteiger partial charge on any atom is -0.381 e. The van der Waals surface area contributed by atoms with Crippen LogP contribution < -0.4 is 0 Å². The molecule has 10 heteroatoms. The summed E-state index contributed by atoms with van der Waals surface area (Å²) in [4.78, 5) is 23.7. The molecule has 0 bridgehead atoms. The Bertz CT molecular complexity index is 1240. The first kappa shape index (κ1) is 24.9. The molecule has 0 radical (unpaired) electrons. The Morgan fingerprint density at radius 1 is 1.11 bits per heavy atom. The standard InChI is InChI=1S/C27H35ClN6O3/c1-31(20-5-6-20)25(35)18-33-11-9-32(10-12-33)17-24-29-27(30-37-24)22-16-34(15-19-7-13-36-14-8-19)26-21(22)3-2-4-23(26)28/h2-4,16,19-20H,5-15,17-18H2,1H3. The van der Waals surface area contributed by atoms with Crippen LogP contribution in [-0.4, -0.2) is 94.3 Å². The van der Waals surface area contributed by atoms with Gasteiger partial charge in [-0.05, 0) is 37.7 Å². The Hall–Kier alpha value is -2.46. The van der Waals surface area contributed by atoms with Gasteiger partial charge in [0.05, 0.1) is 23.6 Å². The summed E-state index contributed by atoms with van der Waals surface area (Å²) in [6, 6.07) is 6.45. The number of hydrogen-bond acceptors (Lipinski definition) is 7. The van der Waals surface area contributed by atoms with E-state index >= 15 is 0 Å². The summed E-state index contributed by atoms with van der Waals surface area (Å²) >= 11 is 6.65. The van der Waals surface area contributed by atoms with Gasteiger partial charge in [-0.3, -0.25) is 14.6 Å². The topological polar surface area (TPSA) is 79.9 Å². The van der Waals surface area contributed by atoms with Crippen LogP contribution in [0.25, 0.3) is 22.3 Å². The lowest BCUT2D eigenvalue weighted by Crippen LogP contribution is -2.49. The van der Waals surface area contributed by atoms with Crippen molar-refractivity contribution in [2.24, 2.45) is 5.92 Å². The highest BCUT2D eigenvalue weighted by Gasteiger charge is 2.31. The second kappa shape index (κ2) is 10.7. The van der Waals surface area contributed by atoms with Gasteiger partial charge in [0.25, 0.3) is 0 Å². The second-order valence-corrected chi connectivity index (χ2v) is 11.1. The van der Waals surface area contributed by atoms with Crippen LogP contribution in [0, 0.1) is 5.92 Å². The van der Waals surface area contributed by atoms with E-state index in [4.69, 9.17) is 25.8 Å². The highest BCUT2D eigenvalue weighted by molar-refractivity contribution is 6.35. The van der Waals surface area contributed by atoms with Crippen molar-refractivity contribution < 1.29 is 14.1 Å². The monoisotopic (exact) mass is 526 g/mol. The van der Waals surface area contributed by atoms with E-state index < -0.39 is 0 Å². The summed E-state index contributed by atoms with van der Waals surface area (Å²) in [5, 5.41) is 6.12. The van der Waals surface area contributed by atoms with E-state index in [-0.39, 0.29) is 5.91 Å². The van der Waals surface area contributed by atoms with Gasteiger partial charge in [0.15, 0.2) is 0 Å². The highest BCUT2D eigenvalue weighted by atomic mass is 35.5. The molecule has 1 amide bonds. The lowest BCUT2D eigenvalue weighted by atomic mass is 10.0. The van der Waals surface area contributed by atoms with Gasteiger partial charge in [0, 0.05) is 76.2 Å². The van der Waals surface area contributed by atoms with Crippen molar-refractivity contribution in [3.8, 4) is 11.4 Å². The molecule has 2 aliphatic heterocycles. The number of carbonyl (C=O) groups excluding carboxylic acids is 1. The molecule has 4 heterocycles. The maximum absolute atomic E-state index is 12.5. The second-order valence-electron chi connectivity index (χ2n) is 10.7. The summed E-state index contributed by atoms with van der Waals surface area (Å²) in [5.41, 5.74) is 1.97. The van der Waals surface area contributed by atoms with E-state index in [1.54, 1.807) is 0 Å². The number of ether oxygens (including phenoxy) is 1. The highest BCUT2D eigenvalue weighted by Crippen LogP contribution is 2.34. The number of para-hydroxylation sites is 1. The summed E-state index contributed by atoms with van der Waals surface area (Å²) in [6.45, 7) is 7.13. The fourth-order valence-corrected chi connectivity index (χ4v) is 5.82. The molecule has 3 fully saturated rings. The van der Waals surface area contributed by atoms with Gasteiger partial charge in [0.2, 0.25) is 17.6 Å². The maximum atomic E-state index is 12.5. The first-order valence-corrected chi connectivity index (χ1v) is 13.8. The molecule has 1 aromatic carbocycles. The first-order valence-electron chi connectivity index (χ1n) is 13.4. The van der Waals surface area contributed by atoms with Crippen LogP contribution in [0.2, 0.25) is 5.02 Å². The number of rotatable bonds is 8. The average Bonchev–Trinajstić information content (AvgIpc) is 3.55. The number of hydrogen-bond donors (Lipinski definition) is 0. The number of piperazine rings is 1. The zero-order valence-corrected chi connectivity index (χ0v) is 22.2. The van der Waals surface area contributed by atoms with Gasteiger partial charge < -0.3 is 18.7 Å². The summed E-state index contributed by atoms with van der Waals surface area (Å²) in [7, 11) is 1.93. The SMILES string of the molecule is CN(C(=O)CN1CCN(Cc2nc(-c3cn(CC4CCOCC4)c4c(Cl)cccc34)no2)CC1)C1CC1. The summed E-state index contributed by atoms with van der Waals surface area (Å²) in [6.07, 6.45) is 6.53. The third-order valence-electron chi connectivity index (χ3n) is 8.02. The van der Waals surface area contributed by atoms with Crippen molar-refractivity contribution in [1.82, 2.24) is 29.4 Å². The molecule has 0 unspecified atom stereocenters. The third-order valence-corrected chi connectivity index (χ3v) is 8.33. The summed E-state index contributed by atoms with van der Waals surface area (Å²) < 4.78 is 13.5. The Balaban J connectivity index is 1.11. The van der Waals surface area contributed by atoms with Crippen LogP contribution in [0.1, 0.15) is 31.6 Å². The van der Waals surface area contributed by atoms with Crippen molar-refractivity contribution >= 4 is 28.4 Å². The van der Waals surface area contributed by atoms with E-state index in [9.17, 15) is 4.79 Å². The fraction of sp³-hybridized carbons (Fsp3) is 0.593. The zero-order valence-electron chi connectivity index (χ0n) is 21.4. The van der Waals surface area contributed by atoms with E-state index in [1.165, 1.54) is 0 Å². The van der Waals surface area contributed by atoms with Crippen LogP contribution in [0.15, 0.2) is 28.9 Å². The molecule has 9 nitrogen and oxygen atoms in total. The van der Waals surface area contributed by atoms with Crippen LogP contribution in [-0.2, 0) is 22.6 Å². The van der Waals surface area contributed by atoms with Crippen molar-refractivity contribution in [3.63, 3.8) is 0 Å². The number of amides is 1. The van der Waals surface area contributed by atoms with Crippen molar-refractivity contribution in [3.05, 3.63) is 35.3 Å². The Morgan fingerprint density at radius 3 is 2.62 bits per heavy atom. The van der Waals surface area contributed by atoms with E-state index in [2.05, 4.69) is 31.8 Å². The minimum atomic E-state index is 0.230. The largest absolute Gasteiger partial charge is 0.381 e. The predicted octanol–water partition coefficient (Wildman–Crippen LogP) is 3.51. The number of aromatic nitrogens is 3. The maximum Gasteiger partial charge on any atom is 0.241 e. The first-order chi connectivity index (χ1) is 18.0. The van der Waals surface area contributed by atoms with Crippen LogP contribution >= 0.6 is 11.6 Å². The lowest BCUT2D eigenvalue weighted by molar-refractivity contribution is -0.132. The van der Waals surface area contributed by atoms with Gasteiger partial charge >= 0.3 is 0 Å². The number of likely N-dealkylation sites (N-methyl/N-ethyl adjacent to an activating group) is 1. The zero-order chi connectivity index (χ0) is 25.4. The molecule has 37 heavy (non-hydrogen) atoms. The molecule has 0 atom stereocenters. The molecule has 3 aromatic rings. The molecule has 2 aromatic heterocycles. The molecular weight excluding hydrogens is 492 g/mol. The molecule has 3 aliphatic rings. The Morgan fingerprint density at radius 2 is 1.86 bits per heavy atom. The fourth-order valence-electron chi connectivity index (χ4n) is 5.54. The van der Waals surface area contributed by atoms with E-state index in [0.29, 0.717) is 36.8 Å². The summed E-state index contributed by atoms with van der Waals surface area (Å²) in [5.74, 6) is 2.01. The predicted molar refractivity (Wildman–Crippen MR) is 141 cm³/mol. The van der Waals surface area contributed by atoms with Crippen LogP contribution in [0.5, 0.6) is 0 Å². The molecule has 0 N–H and O–H groups in total. The van der Waals surface area contributed by atoms with Gasteiger partial charge in [-0.2, -0.15) is 4.98 Å². The Labute approximate surface area is 222 Å². The van der Waals surface area contributed by atoms with Crippen molar-refractivity contribution in [1.29, 1.82) is 0 Å². The van der Waals surface area contributed by atoms with Crippen LogP contribution in [0.4, 0.5) is 0 Å². The normalized spacial score (nSPS) is 20.1. The van der Waals surface area contributed by atoms with Crippen LogP contribution in [0.3, 0.4) is 0 Å². The molecule has 1 aliphatic carbocycles. The molecule has 198 valence electrons. The number of halogens is 1. The number of fused-ring (bicyclic) bond motifs is 1. The van der Waals surface area contributed by atoms with Gasteiger partial charge in [-0.1, -0.05) is 28.9 Å². The van der Waals surface area contributed by atoms with Gasteiger partial charge in [-0.15, -0.1) is 0 Å². The molecule has 0 spiro atoms. The van der Waals surface area contributed by atoms with Gasteiger partial charge in [-0.25, -0.2) is 0 Å². The average molecular weight is 527 g/mol. The lowest BCUT2D eigenvalue weighted by Gasteiger charge is -2.34. The molecule has 1 saturated carbocycles. The van der Waals surface area contributed by atoms with Gasteiger partial charge in [0.1, 0.15) is 0 Å². The van der Waals surface area contributed by atoms with E-state index in [1.807, 2.05) is 24.1 Å². The minimum absolute atomic E-state index is 0.230. The van der Waals surface area contributed by atoms with Crippen molar-refractivity contribution in [2.45, 2.75) is 44.8 Å². The molecule has 2 saturated heterocycles. The molecular formula is C27H35ClN6O3. The quantitative estimate of drug-likeness (QED) is 0.444.